The molecule has 1 aliphatic heterocycles. The number of amides is 1. The second-order valence-electron chi connectivity index (χ2n) is 7.75. The van der Waals surface area contributed by atoms with Crippen molar-refractivity contribution in [2.75, 3.05) is 31.1 Å². The summed E-state index contributed by atoms with van der Waals surface area (Å²) < 4.78 is 11.0. The molecular weight excluding hydrogens is 380 g/mol. The highest BCUT2D eigenvalue weighted by Gasteiger charge is 2.27. The van der Waals surface area contributed by atoms with Gasteiger partial charge in [0.2, 0.25) is 0 Å². The molecule has 0 aromatic heterocycles. The van der Waals surface area contributed by atoms with Crippen LogP contribution in [-0.4, -0.2) is 55.2 Å². The van der Waals surface area contributed by atoms with Crippen LogP contribution in [0.3, 0.4) is 0 Å². The molecule has 6 heteroatoms. The second-order valence-corrected chi connectivity index (χ2v) is 7.75. The van der Waals surface area contributed by atoms with E-state index in [2.05, 4.69) is 17.0 Å². The zero-order valence-corrected chi connectivity index (χ0v) is 17.9. The Morgan fingerprint density at radius 1 is 0.900 bits per heavy atom. The molecule has 1 atom stereocenters. The molecule has 2 aromatic rings. The molecule has 1 amide bonds. The van der Waals surface area contributed by atoms with Crippen LogP contribution >= 0.6 is 0 Å². The van der Waals surface area contributed by atoms with Crippen LogP contribution in [0.15, 0.2) is 54.6 Å². The lowest BCUT2D eigenvalue weighted by Gasteiger charge is -2.37. The minimum Gasteiger partial charge on any atom is -0.449 e. The number of anilines is 1. The first-order chi connectivity index (χ1) is 14.4. The summed E-state index contributed by atoms with van der Waals surface area (Å²) in [7, 11) is 0. The molecule has 0 N–H and O–H groups in total. The maximum Gasteiger partial charge on any atom is 0.338 e. The molecule has 3 rings (SSSR count). The van der Waals surface area contributed by atoms with Gasteiger partial charge < -0.3 is 19.3 Å². The maximum atomic E-state index is 12.7. The van der Waals surface area contributed by atoms with Crippen LogP contribution in [0, 0.1) is 0 Å². The standard InChI is InChI=1S/C24H30N2O4/c1-18(2)29-17-20-9-11-21(12-10-20)24(28)30-19(3)23(27)26-15-13-25(14-16-26)22-7-5-4-6-8-22/h4-12,18-19H,13-17H2,1-3H3/t19-/m1/s1. The summed E-state index contributed by atoms with van der Waals surface area (Å²) in [6.45, 7) is 8.83. The first kappa shape index (κ1) is 21.8. The molecule has 1 aliphatic rings. The average Bonchev–Trinajstić information content (AvgIpc) is 2.78. The van der Waals surface area contributed by atoms with Gasteiger partial charge in [-0.05, 0) is 50.6 Å². The third kappa shape index (κ3) is 5.83. The largest absolute Gasteiger partial charge is 0.449 e. The first-order valence-electron chi connectivity index (χ1n) is 10.4. The summed E-state index contributed by atoms with van der Waals surface area (Å²) in [5.41, 5.74) is 2.57. The number of piperazine rings is 1. The normalized spacial score (nSPS) is 15.2. The lowest BCUT2D eigenvalue weighted by Crippen LogP contribution is -2.51. The van der Waals surface area contributed by atoms with Gasteiger partial charge in [-0.1, -0.05) is 30.3 Å². The molecule has 0 radical (unpaired) electrons. The summed E-state index contributed by atoms with van der Waals surface area (Å²) >= 11 is 0. The minimum atomic E-state index is -0.815. The number of hydrogen-bond acceptors (Lipinski definition) is 5. The fourth-order valence-electron chi connectivity index (χ4n) is 3.36. The quantitative estimate of drug-likeness (QED) is 0.654. The van der Waals surface area contributed by atoms with Gasteiger partial charge in [0.15, 0.2) is 6.10 Å². The lowest BCUT2D eigenvalue weighted by molar-refractivity contribution is -0.140. The van der Waals surface area contributed by atoms with Gasteiger partial charge >= 0.3 is 5.97 Å². The summed E-state index contributed by atoms with van der Waals surface area (Å²) in [6, 6.07) is 17.3. The molecule has 30 heavy (non-hydrogen) atoms. The van der Waals surface area contributed by atoms with E-state index in [-0.39, 0.29) is 12.0 Å². The Hall–Kier alpha value is -2.86. The molecule has 0 saturated carbocycles. The van der Waals surface area contributed by atoms with Gasteiger partial charge in [0, 0.05) is 31.9 Å². The van der Waals surface area contributed by atoms with Crippen molar-refractivity contribution in [2.24, 2.45) is 0 Å². The second kappa shape index (κ2) is 10.3. The molecule has 1 saturated heterocycles. The smallest absolute Gasteiger partial charge is 0.338 e. The molecule has 160 valence electrons. The summed E-state index contributed by atoms with van der Waals surface area (Å²) in [5, 5.41) is 0. The fraction of sp³-hybridized carbons (Fsp3) is 0.417. The van der Waals surface area contributed by atoms with Crippen LogP contribution < -0.4 is 4.90 Å². The van der Waals surface area contributed by atoms with E-state index in [9.17, 15) is 9.59 Å². The zero-order chi connectivity index (χ0) is 21.5. The van der Waals surface area contributed by atoms with Crippen LogP contribution in [0.25, 0.3) is 0 Å². The van der Waals surface area contributed by atoms with Crippen LogP contribution in [0.1, 0.15) is 36.7 Å². The molecule has 1 fully saturated rings. The van der Waals surface area contributed by atoms with Crippen LogP contribution in [0.4, 0.5) is 5.69 Å². The molecule has 0 unspecified atom stereocenters. The number of ether oxygens (including phenoxy) is 2. The van der Waals surface area contributed by atoms with E-state index in [1.807, 2.05) is 44.2 Å². The van der Waals surface area contributed by atoms with E-state index < -0.39 is 12.1 Å². The Morgan fingerprint density at radius 3 is 2.13 bits per heavy atom. The average molecular weight is 411 g/mol. The van der Waals surface area contributed by atoms with Crippen molar-refractivity contribution >= 4 is 17.6 Å². The number of esters is 1. The summed E-state index contributed by atoms with van der Waals surface area (Å²) in [5.74, 6) is -0.645. The van der Waals surface area contributed by atoms with E-state index in [0.717, 1.165) is 24.3 Å². The summed E-state index contributed by atoms with van der Waals surface area (Å²) in [6.07, 6.45) is -0.666. The molecule has 0 bridgehead atoms. The number of carbonyl (C=O) groups excluding carboxylic acids is 2. The van der Waals surface area contributed by atoms with E-state index in [0.29, 0.717) is 25.3 Å². The molecule has 0 aliphatic carbocycles. The van der Waals surface area contributed by atoms with Gasteiger partial charge in [0.25, 0.3) is 5.91 Å². The van der Waals surface area contributed by atoms with Crippen LogP contribution in [0.2, 0.25) is 0 Å². The number of benzene rings is 2. The van der Waals surface area contributed by atoms with Crippen molar-refractivity contribution in [2.45, 2.75) is 39.6 Å². The Morgan fingerprint density at radius 2 is 1.53 bits per heavy atom. The molecular formula is C24H30N2O4. The Kier molecular flexibility index (Phi) is 7.46. The third-order valence-corrected chi connectivity index (χ3v) is 5.12. The fourth-order valence-corrected chi connectivity index (χ4v) is 3.36. The topological polar surface area (TPSA) is 59.1 Å². The van der Waals surface area contributed by atoms with Crippen LogP contribution in [0.5, 0.6) is 0 Å². The van der Waals surface area contributed by atoms with Gasteiger partial charge in [-0.2, -0.15) is 0 Å². The lowest BCUT2D eigenvalue weighted by atomic mass is 10.1. The number of hydrogen-bond donors (Lipinski definition) is 0. The highest BCUT2D eigenvalue weighted by molar-refractivity contribution is 5.92. The molecule has 6 nitrogen and oxygen atoms in total. The highest BCUT2D eigenvalue weighted by atomic mass is 16.5. The van der Waals surface area contributed by atoms with Crippen molar-refractivity contribution < 1.29 is 19.1 Å². The number of carbonyl (C=O) groups is 2. The van der Waals surface area contributed by atoms with E-state index >= 15 is 0 Å². The Bertz CT molecular complexity index is 828. The molecule has 0 spiro atoms. The number of nitrogens with zero attached hydrogens (tertiary/aromatic N) is 2. The van der Waals surface area contributed by atoms with Crippen LogP contribution in [-0.2, 0) is 20.9 Å². The maximum absolute atomic E-state index is 12.7. The number of rotatable bonds is 7. The van der Waals surface area contributed by atoms with E-state index in [1.165, 1.54) is 0 Å². The van der Waals surface area contributed by atoms with Crippen molar-refractivity contribution in [3.8, 4) is 0 Å². The molecule has 1 heterocycles. The van der Waals surface area contributed by atoms with Crippen molar-refractivity contribution in [1.82, 2.24) is 4.90 Å². The summed E-state index contributed by atoms with van der Waals surface area (Å²) in [4.78, 5) is 29.2. The Labute approximate surface area is 178 Å². The third-order valence-electron chi connectivity index (χ3n) is 5.12. The van der Waals surface area contributed by atoms with Crippen molar-refractivity contribution in [3.05, 3.63) is 65.7 Å². The highest BCUT2D eigenvalue weighted by Crippen LogP contribution is 2.17. The van der Waals surface area contributed by atoms with Gasteiger partial charge in [-0.25, -0.2) is 4.79 Å². The predicted molar refractivity (Wildman–Crippen MR) is 116 cm³/mol. The molecule has 2 aromatic carbocycles. The number of para-hydroxylation sites is 1. The van der Waals surface area contributed by atoms with Gasteiger partial charge in [0.1, 0.15) is 0 Å². The minimum absolute atomic E-state index is 0.149. The van der Waals surface area contributed by atoms with Gasteiger partial charge in [-0.15, -0.1) is 0 Å². The Balaban J connectivity index is 1.49. The van der Waals surface area contributed by atoms with Crippen molar-refractivity contribution in [1.29, 1.82) is 0 Å². The van der Waals surface area contributed by atoms with Gasteiger partial charge in [0.05, 0.1) is 18.3 Å². The monoisotopic (exact) mass is 410 g/mol. The van der Waals surface area contributed by atoms with E-state index in [4.69, 9.17) is 9.47 Å². The first-order valence-corrected chi connectivity index (χ1v) is 10.4. The zero-order valence-electron chi connectivity index (χ0n) is 17.9. The van der Waals surface area contributed by atoms with Gasteiger partial charge in [-0.3, -0.25) is 4.79 Å². The van der Waals surface area contributed by atoms with E-state index in [1.54, 1.807) is 24.0 Å². The predicted octanol–water partition coefficient (Wildman–Crippen LogP) is 3.51. The SMILES string of the molecule is CC(C)OCc1ccc(C(=O)O[C@H](C)C(=O)N2CCN(c3ccccc3)CC2)cc1. The van der Waals surface area contributed by atoms with Crippen molar-refractivity contribution in [3.63, 3.8) is 0 Å².